The smallest absolute Gasteiger partial charge is 0.340 e. The lowest BCUT2D eigenvalue weighted by Gasteiger charge is -2.09. The molecule has 0 aliphatic heterocycles. The van der Waals surface area contributed by atoms with Gasteiger partial charge in [-0.2, -0.15) is 0 Å². The van der Waals surface area contributed by atoms with Crippen molar-refractivity contribution in [1.82, 2.24) is 5.32 Å². The van der Waals surface area contributed by atoms with Crippen molar-refractivity contribution >= 4 is 27.8 Å². The molecule has 6 nitrogen and oxygen atoms in total. The lowest BCUT2D eigenvalue weighted by atomic mass is 10.0. The van der Waals surface area contributed by atoms with E-state index in [4.69, 9.17) is 8.83 Å². The molecule has 2 aromatic heterocycles. The molecule has 0 aliphatic carbocycles. The Hall–Kier alpha value is -2.60. The number of furan rings is 1. The van der Waals surface area contributed by atoms with Crippen molar-refractivity contribution in [1.29, 1.82) is 0 Å². The van der Waals surface area contributed by atoms with Gasteiger partial charge in [0.25, 0.3) is 0 Å². The molecule has 0 fully saturated rings. The van der Waals surface area contributed by atoms with Crippen LogP contribution in [0.5, 0.6) is 0 Å². The Kier molecular flexibility index (Phi) is 4.15. The minimum absolute atomic E-state index is 0.0841. The molecule has 1 atom stereocenters. The van der Waals surface area contributed by atoms with Crippen molar-refractivity contribution in [3.63, 3.8) is 0 Å². The van der Waals surface area contributed by atoms with Gasteiger partial charge in [-0.3, -0.25) is 4.79 Å². The number of carbonyl (C=O) groups is 1. The highest BCUT2D eigenvalue weighted by Crippen LogP contribution is 2.28. The van der Waals surface area contributed by atoms with Crippen LogP contribution in [0.3, 0.4) is 0 Å². The summed E-state index contributed by atoms with van der Waals surface area (Å²) in [6, 6.07) is 3.61. The Bertz CT molecular complexity index is 980. The third-order valence-corrected chi connectivity index (χ3v) is 4.11. The van der Waals surface area contributed by atoms with Crippen LogP contribution in [0, 0.1) is 13.8 Å². The number of fused-ring (bicyclic) bond motifs is 2. The van der Waals surface area contributed by atoms with Gasteiger partial charge in [-0.15, -0.1) is 0 Å². The highest BCUT2D eigenvalue weighted by Gasteiger charge is 2.16. The van der Waals surface area contributed by atoms with Gasteiger partial charge >= 0.3 is 5.63 Å². The van der Waals surface area contributed by atoms with Crippen molar-refractivity contribution < 1.29 is 18.7 Å². The van der Waals surface area contributed by atoms with Gasteiger partial charge < -0.3 is 19.3 Å². The molecule has 1 aromatic carbocycles. The van der Waals surface area contributed by atoms with Crippen LogP contribution in [-0.2, 0) is 11.2 Å². The number of aryl methyl sites for hydroxylation is 2. The Morgan fingerprint density at radius 1 is 1.25 bits per heavy atom. The predicted octanol–water partition coefficient (Wildman–Crippen LogP) is 2.20. The first-order chi connectivity index (χ1) is 11.4. The van der Waals surface area contributed by atoms with Gasteiger partial charge in [0.05, 0.1) is 24.4 Å². The number of hydrogen-bond acceptors (Lipinski definition) is 5. The van der Waals surface area contributed by atoms with Crippen LogP contribution in [0.25, 0.3) is 21.9 Å². The van der Waals surface area contributed by atoms with Gasteiger partial charge in [0.1, 0.15) is 11.2 Å². The van der Waals surface area contributed by atoms with Crippen LogP contribution in [0.1, 0.15) is 23.6 Å². The second-order valence-electron chi connectivity index (χ2n) is 6.09. The summed E-state index contributed by atoms with van der Waals surface area (Å²) < 4.78 is 10.8. The monoisotopic (exact) mass is 329 g/mol. The Labute approximate surface area is 138 Å². The van der Waals surface area contributed by atoms with E-state index < -0.39 is 11.7 Å². The zero-order valence-electron chi connectivity index (χ0n) is 13.8. The first-order valence-electron chi connectivity index (χ1n) is 7.75. The van der Waals surface area contributed by atoms with Crippen LogP contribution < -0.4 is 10.9 Å². The summed E-state index contributed by atoms with van der Waals surface area (Å²) in [5, 5.41) is 13.5. The number of aliphatic hydroxyl groups excluding tert-OH is 1. The molecule has 2 N–H and O–H groups in total. The molecule has 0 unspecified atom stereocenters. The molecule has 0 radical (unpaired) electrons. The van der Waals surface area contributed by atoms with E-state index in [2.05, 4.69) is 5.32 Å². The van der Waals surface area contributed by atoms with Crippen LogP contribution >= 0.6 is 0 Å². The van der Waals surface area contributed by atoms with Gasteiger partial charge in [0.15, 0.2) is 0 Å². The third kappa shape index (κ3) is 2.92. The number of amides is 1. The molecule has 24 heavy (non-hydrogen) atoms. The zero-order valence-corrected chi connectivity index (χ0v) is 13.8. The molecule has 0 spiro atoms. The average molecular weight is 329 g/mol. The lowest BCUT2D eigenvalue weighted by Crippen LogP contribution is -2.33. The quantitative estimate of drug-likeness (QED) is 0.716. The van der Waals surface area contributed by atoms with E-state index in [9.17, 15) is 14.7 Å². The third-order valence-electron chi connectivity index (χ3n) is 4.11. The van der Waals surface area contributed by atoms with Crippen molar-refractivity contribution in [3.8, 4) is 0 Å². The number of rotatable bonds is 4. The Morgan fingerprint density at radius 3 is 2.71 bits per heavy atom. The number of carbonyl (C=O) groups excluding carboxylic acids is 1. The highest BCUT2D eigenvalue weighted by molar-refractivity contribution is 5.96. The highest BCUT2D eigenvalue weighted by atomic mass is 16.4. The summed E-state index contributed by atoms with van der Waals surface area (Å²) in [7, 11) is 0. The maximum absolute atomic E-state index is 12.2. The maximum Gasteiger partial charge on any atom is 0.340 e. The van der Waals surface area contributed by atoms with E-state index >= 15 is 0 Å². The maximum atomic E-state index is 12.2. The lowest BCUT2D eigenvalue weighted by molar-refractivity contribution is -0.120. The molecule has 1 amide bonds. The largest absolute Gasteiger partial charge is 0.464 e. The van der Waals surface area contributed by atoms with E-state index in [0.717, 1.165) is 21.9 Å². The van der Waals surface area contributed by atoms with Gasteiger partial charge in [-0.05, 0) is 38.0 Å². The van der Waals surface area contributed by atoms with Crippen molar-refractivity contribution in [2.24, 2.45) is 0 Å². The second kappa shape index (κ2) is 6.13. The molecule has 2 heterocycles. The summed E-state index contributed by atoms with van der Waals surface area (Å²) in [6.45, 7) is 5.47. The van der Waals surface area contributed by atoms with Gasteiger partial charge in [-0.25, -0.2) is 4.79 Å². The van der Waals surface area contributed by atoms with Crippen molar-refractivity contribution in [3.05, 3.63) is 45.5 Å². The number of benzene rings is 1. The molecular weight excluding hydrogens is 310 g/mol. The van der Waals surface area contributed by atoms with E-state index in [1.54, 1.807) is 26.2 Å². The standard InChI is InChI=1S/C18H19NO5/c1-9-8-23-15-6-16-13(4-12(9)15)11(3)14(18(22)24-16)5-17(21)19-7-10(2)20/h4,6,8,10,20H,5,7H2,1-3H3,(H,19,21)/t10-/m1/s1. The molecule has 0 aliphatic rings. The van der Waals surface area contributed by atoms with Crippen LogP contribution in [0.15, 0.2) is 32.0 Å². The van der Waals surface area contributed by atoms with E-state index in [-0.39, 0.29) is 18.9 Å². The van der Waals surface area contributed by atoms with Crippen LogP contribution in [0.4, 0.5) is 0 Å². The molecule has 0 saturated carbocycles. The minimum atomic E-state index is -0.639. The fraction of sp³-hybridized carbons (Fsp3) is 0.333. The average Bonchev–Trinajstić information content (AvgIpc) is 2.88. The molecule has 3 rings (SSSR count). The van der Waals surface area contributed by atoms with Crippen molar-refractivity contribution in [2.45, 2.75) is 33.3 Å². The summed E-state index contributed by atoms with van der Waals surface area (Å²) in [6.07, 6.45) is 0.932. The normalized spacial score (nSPS) is 12.7. The molecule has 126 valence electrons. The van der Waals surface area contributed by atoms with E-state index in [1.165, 1.54) is 0 Å². The Balaban J connectivity index is 2.05. The number of nitrogens with one attached hydrogen (secondary N) is 1. The first kappa shape index (κ1) is 16.3. The number of hydrogen-bond donors (Lipinski definition) is 2. The first-order valence-corrected chi connectivity index (χ1v) is 7.75. The van der Waals surface area contributed by atoms with Crippen LogP contribution in [0.2, 0.25) is 0 Å². The van der Waals surface area contributed by atoms with E-state index in [1.807, 2.05) is 13.0 Å². The molecule has 0 saturated heterocycles. The zero-order chi connectivity index (χ0) is 17.4. The SMILES string of the molecule is Cc1coc2cc3oc(=O)c(CC(=O)NC[C@@H](C)O)c(C)c3cc12. The van der Waals surface area contributed by atoms with Crippen molar-refractivity contribution in [2.75, 3.05) is 6.54 Å². The van der Waals surface area contributed by atoms with E-state index in [0.29, 0.717) is 16.7 Å². The number of aliphatic hydroxyl groups is 1. The fourth-order valence-corrected chi connectivity index (χ4v) is 2.73. The predicted molar refractivity (Wildman–Crippen MR) is 90.1 cm³/mol. The van der Waals surface area contributed by atoms with Gasteiger partial charge in [0, 0.05) is 23.4 Å². The summed E-state index contributed by atoms with van der Waals surface area (Å²) in [5.41, 5.74) is 2.60. The van der Waals surface area contributed by atoms with Gasteiger partial charge in [-0.1, -0.05) is 0 Å². The molecule has 0 bridgehead atoms. The second-order valence-corrected chi connectivity index (χ2v) is 6.09. The fourth-order valence-electron chi connectivity index (χ4n) is 2.73. The topological polar surface area (TPSA) is 92.7 Å². The molecular formula is C18H19NO5. The Morgan fingerprint density at radius 2 is 2.00 bits per heavy atom. The minimum Gasteiger partial charge on any atom is -0.464 e. The molecule has 3 aromatic rings. The summed E-state index contributed by atoms with van der Waals surface area (Å²) in [5.74, 6) is -0.328. The van der Waals surface area contributed by atoms with Gasteiger partial charge in [0.2, 0.25) is 5.91 Å². The molecule has 6 heteroatoms. The van der Waals surface area contributed by atoms with Crippen LogP contribution in [-0.4, -0.2) is 23.7 Å². The summed E-state index contributed by atoms with van der Waals surface area (Å²) in [4.78, 5) is 24.2. The summed E-state index contributed by atoms with van der Waals surface area (Å²) >= 11 is 0.